The second-order valence-corrected chi connectivity index (χ2v) is 6.06. The van der Waals surface area contributed by atoms with Gasteiger partial charge < -0.3 is 10.0 Å². The normalized spacial score (nSPS) is 11.1. The lowest BCUT2D eigenvalue weighted by Gasteiger charge is -2.31. The number of rotatable bonds is 5. The molecule has 0 aliphatic rings. The number of benzene rings is 2. The van der Waals surface area contributed by atoms with E-state index in [0.29, 0.717) is 0 Å². The van der Waals surface area contributed by atoms with Crippen LogP contribution in [-0.2, 0) is 16.0 Å². The van der Waals surface area contributed by atoms with Crippen molar-refractivity contribution in [3.05, 3.63) is 60.2 Å². The SMILES string of the molecule is CN(C(=O)Cc1ccc(-c2ccccc2)cc1)C(C)(C)C(=O)O. The molecular weight excluding hydrogens is 290 g/mol. The Bertz CT molecular complexity index is 690. The first-order valence-electron chi connectivity index (χ1n) is 7.47. The largest absolute Gasteiger partial charge is 0.480 e. The Morgan fingerprint density at radius 2 is 1.48 bits per heavy atom. The van der Waals surface area contributed by atoms with E-state index in [2.05, 4.69) is 0 Å². The van der Waals surface area contributed by atoms with Crippen molar-refractivity contribution in [2.75, 3.05) is 7.05 Å². The van der Waals surface area contributed by atoms with Crippen molar-refractivity contribution >= 4 is 11.9 Å². The zero-order valence-electron chi connectivity index (χ0n) is 13.6. The quantitative estimate of drug-likeness (QED) is 0.922. The highest BCUT2D eigenvalue weighted by atomic mass is 16.4. The highest BCUT2D eigenvalue weighted by Gasteiger charge is 2.34. The Kier molecular flexibility index (Phi) is 4.84. The molecule has 0 bridgehead atoms. The predicted octanol–water partition coefficient (Wildman–Crippen LogP) is 3.22. The first kappa shape index (κ1) is 16.7. The topological polar surface area (TPSA) is 57.6 Å². The molecule has 23 heavy (non-hydrogen) atoms. The van der Waals surface area contributed by atoms with E-state index < -0.39 is 11.5 Å². The molecule has 0 fully saturated rings. The van der Waals surface area contributed by atoms with Crippen LogP contribution >= 0.6 is 0 Å². The first-order chi connectivity index (χ1) is 10.8. The number of nitrogens with zero attached hydrogens (tertiary/aromatic N) is 1. The molecule has 0 aliphatic heterocycles. The predicted molar refractivity (Wildman–Crippen MR) is 90.1 cm³/mol. The number of aliphatic carboxylic acids is 1. The van der Waals surface area contributed by atoms with Gasteiger partial charge in [0.05, 0.1) is 6.42 Å². The average Bonchev–Trinajstić information content (AvgIpc) is 2.55. The summed E-state index contributed by atoms with van der Waals surface area (Å²) in [4.78, 5) is 24.8. The second-order valence-electron chi connectivity index (χ2n) is 6.06. The molecular formula is C19H21NO3. The van der Waals surface area contributed by atoms with Gasteiger partial charge in [-0.1, -0.05) is 54.6 Å². The highest BCUT2D eigenvalue weighted by Crippen LogP contribution is 2.20. The Balaban J connectivity index is 2.09. The minimum Gasteiger partial charge on any atom is -0.480 e. The van der Waals surface area contributed by atoms with Crippen LogP contribution < -0.4 is 0 Å². The molecule has 0 unspecified atom stereocenters. The number of amides is 1. The van der Waals surface area contributed by atoms with Gasteiger partial charge in [-0.25, -0.2) is 4.79 Å². The maximum atomic E-state index is 12.3. The van der Waals surface area contributed by atoms with E-state index in [1.54, 1.807) is 0 Å². The van der Waals surface area contributed by atoms with Crippen molar-refractivity contribution in [3.8, 4) is 11.1 Å². The molecule has 2 aromatic carbocycles. The van der Waals surface area contributed by atoms with Crippen LogP contribution in [0.5, 0.6) is 0 Å². The number of carbonyl (C=O) groups is 2. The standard InChI is InChI=1S/C19H21NO3/c1-19(2,18(22)23)20(3)17(21)13-14-9-11-16(12-10-14)15-7-5-4-6-8-15/h4-12H,13H2,1-3H3,(H,22,23). The third-order valence-electron chi connectivity index (χ3n) is 4.15. The number of likely N-dealkylation sites (N-methyl/N-ethyl adjacent to an activating group) is 1. The molecule has 2 rings (SSSR count). The Morgan fingerprint density at radius 1 is 0.957 bits per heavy atom. The van der Waals surface area contributed by atoms with Gasteiger partial charge in [-0.05, 0) is 30.5 Å². The summed E-state index contributed by atoms with van der Waals surface area (Å²) < 4.78 is 0. The lowest BCUT2D eigenvalue weighted by Crippen LogP contribution is -2.51. The molecule has 4 nitrogen and oxygen atoms in total. The molecule has 120 valence electrons. The van der Waals surface area contributed by atoms with E-state index >= 15 is 0 Å². The number of hydrogen-bond acceptors (Lipinski definition) is 2. The molecule has 0 aliphatic carbocycles. The van der Waals surface area contributed by atoms with Gasteiger partial charge in [-0.3, -0.25) is 4.79 Å². The smallest absolute Gasteiger partial charge is 0.329 e. The molecule has 0 spiro atoms. The van der Waals surface area contributed by atoms with Gasteiger partial charge >= 0.3 is 5.97 Å². The Hall–Kier alpha value is -2.62. The summed E-state index contributed by atoms with van der Waals surface area (Å²) in [7, 11) is 1.52. The monoisotopic (exact) mass is 311 g/mol. The van der Waals surface area contributed by atoms with Gasteiger partial charge in [0.25, 0.3) is 0 Å². The van der Waals surface area contributed by atoms with Crippen LogP contribution in [0.2, 0.25) is 0 Å². The van der Waals surface area contributed by atoms with Gasteiger partial charge in [0.2, 0.25) is 5.91 Å². The van der Waals surface area contributed by atoms with E-state index in [1.807, 2.05) is 54.6 Å². The maximum Gasteiger partial charge on any atom is 0.329 e. The third kappa shape index (κ3) is 3.77. The van der Waals surface area contributed by atoms with Crippen molar-refractivity contribution in [2.24, 2.45) is 0 Å². The number of carboxylic acid groups (broad SMARTS) is 1. The molecule has 0 heterocycles. The van der Waals surface area contributed by atoms with Gasteiger partial charge in [-0.15, -0.1) is 0 Å². The van der Waals surface area contributed by atoms with E-state index in [0.717, 1.165) is 16.7 Å². The summed E-state index contributed by atoms with van der Waals surface area (Å²) in [5.41, 5.74) is 1.85. The summed E-state index contributed by atoms with van der Waals surface area (Å²) in [5, 5.41) is 9.20. The average molecular weight is 311 g/mol. The lowest BCUT2D eigenvalue weighted by molar-refractivity contribution is -0.155. The van der Waals surface area contributed by atoms with E-state index in [1.165, 1.54) is 25.8 Å². The maximum absolute atomic E-state index is 12.3. The van der Waals surface area contributed by atoms with Crippen LogP contribution in [0.1, 0.15) is 19.4 Å². The summed E-state index contributed by atoms with van der Waals surface area (Å²) >= 11 is 0. The fourth-order valence-corrected chi connectivity index (χ4v) is 2.19. The lowest BCUT2D eigenvalue weighted by atomic mass is 10.0. The first-order valence-corrected chi connectivity index (χ1v) is 7.47. The third-order valence-corrected chi connectivity index (χ3v) is 4.15. The van der Waals surface area contributed by atoms with Crippen LogP contribution in [0.25, 0.3) is 11.1 Å². The zero-order valence-corrected chi connectivity index (χ0v) is 13.6. The van der Waals surface area contributed by atoms with Gasteiger partial charge in [0, 0.05) is 7.05 Å². The van der Waals surface area contributed by atoms with Crippen molar-refractivity contribution in [3.63, 3.8) is 0 Å². The van der Waals surface area contributed by atoms with Crippen LogP contribution in [0.4, 0.5) is 0 Å². The van der Waals surface area contributed by atoms with Crippen molar-refractivity contribution in [1.29, 1.82) is 0 Å². The molecule has 4 heteroatoms. The summed E-state index contributed by atoms with van der Waals surface area (Å²) in [6, 6.07) is 17.7. The van der Waals surface area contributed by atoms with Crippen LogP contribution in [0.15, 0.2) is 54.6 Å². The molecule has 0 aromatic heterocycles. The number of hydrogen-bond donors (Lipinski definition) is 1. The van der Waals surface area contributed by atoms with Crippen LogP contribution in [0, 0.1) is 0 Å². The van der Waals surface area contributed by atoms with Crippen LogP contribution in [-0.4, -0.2) is 34.5 Å². The summed E-state index contributed by atoms with van der Waals surface area (Å²) in [6.07, 6.45) is 0.183. The highest BCUT2D eigenvalue weighted by molar-refractivity contribution is 5.87. The second kappa shape index (κ2) is 6.65. The molecule has 0 atom stereocenters. The summed E-state index contributed by atoms with van der Waals surface area (Å²) in [6.45, 7) is 3.04. The van der Waals surface area contributed by atoms with Gasteiger partial charge in [0.15, 0.2) is 0 Å². The van der Waals surface area contributed by atoms with Gasteiger partial charge in [0.1, 0.15) is 5.54 Å². The molecule has 0 saturated carbocycles. The molecule has 1 N–H and O–H groups in total. The van der Waals surface area contributed by atoms with E-state index in [9.17, 15) is 14.7 Å². The van der Waals surface area contributed by atoms with Crippen molar-refractivity contribution < 1.29 is 14.7 Å². The number of carbonyl (C=O) groups excluding carboxylic acids is 1. The molecule has 1 amide bonds. The van der Waals surface area contributed by atoms with Crippen molar-refractivity contribution in [1.82, 2.24) is 4.90 Å². The minimum atomic E-state index is -1.22. The summed E-state index contributed by atoms with van der Waals surface area (Å²) in [5.74, 6) is -1.24. The molecule has 2 aromatic rings. The molecule has 0 radical (unpaired) electrons. The Morgan fingerprint density at radius 3 is 2.00 bits per heavy atom. The minimum absolute atomic E-state index is 0.183. The Labute approximate surface area is 136 Å². The van der Waals surface area contributed by atoms with E-state index in [-0.39, 0.29) is 12.3 Å². The van der Waals surface area contributed by atoms with Crippen LogP contribution in [0.3, 0.4) is 0 Å². The van der Waals surface area contributed by atoms with Crippen molar-refractivity contribution in [2.45, 2.75) is 25.8 Å². The fraction of sp³-hybridized carbons (Fsp3) is 0.263. The van der Waals surface area contributed by atoms with E-state index in [4.69, 9.17) is 0 Å². The molecule has 0 saturated heterocycles. The number of carboxylic acids is 1. The fourth-order valence-electron chi connectivity index (χ4n) is 2.19. The zero-order chi connectivity index (χ0) is 17.0. The van der Waals surface area contributed by atoms with Gasteiger partial charge in [-0.2, -0.15) is 0 Å².